The van der Waals surface area contributed by atoms with E-state index in [1.807, 2.05) is 28.9 Å². The number of thioether (sulfide) groups is 1. The highest BCUT2D eigenvalue weighted by atomic mass is 32.2. The lowest BCUT2D eigenvalue weighted by Gasteiger charge is -2.32. The molecule has 1 atom stereocenters. The van der Waals surface area contributed by atoms with Gasteiger partial charge in [-0.25, -0.2) is 0 Å². The van der Waals surface area contributed by atoms with Crippen molar-refractivity contribution in [1.82, 2.24) is 29.4 Å². The molecule has 1 aliphatic carbocycles. The number of nitrogens with zero attached hydrogens (tertiary/aromatic N) is 6. The summed E-state index contributed by atoms with van der Waals surface area (Å²) in [5, 5.41) is 13.0. The molecule has 0 aromatic carbocycles. The predicted molar refractivity (Wildman–Crippen MR) is 101 cm³/mol. The fraction of sp³-hybridized carbons (Fsp3) is 0.667. The molecule has 0 spiro atoms. The summed E-state index contributed by atoms with van der Waals surface area (Å²) in [6.45, 7) is 2.25. The first-order valence-corrected chi connectivity index (χ1v) is 10.6. The van der Waals surface area contributed by atoms with Gasteiger partial charge in [0.1, 0.15) is 12.4 Å². The Balaban J connectivity index is 1.36. The van der Waals surface area contributed by atoms with Gasteiger partial charge in [0.15, 0.2) is 5.82 Å². The minimum atomic E-state index is 0.269. The molecule has 2 aliphatic rings. The highest BCUT2D eigenvalue weighted by Crippen LogP contribution is 2.32. The number of aromatic nitrogens is 5. The van der Waals surface area contributed by atoms with Crippen LogP contribution < -0.4 is 0 Å². The fourth-order valence-corrected chi connectivity index (χ4v) is 4.65. The molecule has 0 N–H and O–H groups in total. The second kappa shape index (κ2) is 7.82. The van der Waals surface area contributed by atoms with Crippen molar-refractivity contribution in [2.24, 2.45) is 13.0 Å². The number of hydrogen-bond acceptors (Lipinski definition) is 5. The van der Waals surface area contributed by atoms with Gasteiger partial charge in [-0.1, -0.05) is 0 Å². The van der Waals surface area contributed by atoms with Crippen LogP contribution in [0.2, 0.25) is 0 Å². The summed E-state index contributed by atoms with van der Waals surface area (Å²) in [5.41, 5.74) is 0. The van der Waals surface area contributed by atoms with E-state index in [1.165, 1.54) is 12.8 Å². The van der Waals surface area contributed by atoms with Gasteiger partial charge in [-0.2, -0.15) is 16.9 Å². The van der Waals surface area contributed by atoms with Crippen LogP contribution in [-0.2, 0) is 18.4 Å². The largest absolute Gasteiger partial charge is 0.341 e. The van der Waals surface area contributed by atoms with E-state index in [0.29, 0.717) is 12.3 Å². The first-order valence-electron chi connectivity index (χ1n) is 9.42. The number of likely N-dealkylation sites (tertiary alicyclic amines) is 1. The molecule has 3 heterocycles. The molecule has 26 heavy (non-hydrogen) atoms. The van der Waals surface area contributed by atoms with E-state index in [9.17, 15) is 4.79 Å². The third-order valence-electron chi connectivity index (χ3n) is 5.28. The van der Waals surface area contributed by atoms with Crippen molar-refractivity contribution in [3.63, 3.8) is 0 Å². The molecule has 4 rings (SSSR count). The molecule has 1 aliphatic heterocycles. The van der Waals surface area contributed by atoms with Crippen LogP contribution in [0.1, 0.15) is 43.3 Å². The van der Waals surface area contributed by atoms with Crippen LogP contribution in [0.15, 0.2) is 18.5 Å². The zero-order valence-corrected chi connectivity index (χ0v) is 16.1. The second-order valence-corrected chi connectivity index (χ2v) is 8.40. The Morgan fingerprint density at radius 2 is 2.19 bits per heavy atom. The number of piperidine rings is 1. The van der Waals surface area contributed by atoms with Crippen molar-refractivity contribution >= 4 is 17.7 Å². The van der Waals surface area contributed by atoms with Gasteiger partial charge in [0.2, 0.25) is 5.91 Å². The third kappa shape index (κ3) is 4.11. The molecule has 2 aromatic rings. The van der Waals surface area contributed by atoms with E-state index in [4.69, 9.17) is 0 Å². The molecule has 1 saturated carbocycles. The summed E-state index contributed by atoms with van der Waals surface area (Å²) in [6.07, 6.45) is 8.48. The van der Waals surface area contributed by atoms with E-state index in [-0.39, 0.29) is 11.8 Å². The van der Waals surface area contributed by atoms with Gasteiger partial charge in [0, 0.05) is 38.4 Å². The lowest BCUT2D eigenvalue weighted by atomic mass is 9.97. The molecular formula is C18H26N6OS. The van der Waals surface area contributed by atoms with E-state index in [1.54, 1.807) is 18.0 Å². The van der Waals surface area contributed by atoms with Crippen molar-refractivity contribution in [2.45, 2.75) is 38.1 Å². The minimum Gasteiger partial charge on any atom is -0.341 e. The molecule has 1 amide bonds. The molecular weight excluding hydrogens is 348 g/mol. The van der Waals surface area contributed by atoms with Crippen molar-refractivity contribution < 1.29 is 4.79 Å². The van der Waals surface area contributed by atoms with Crippen LogP contribution in [0, 0.1) is 5.92 Å². The summed E-state index contributed by atoms with van der Waals surface area (Å²) >= 11 is 1.80. The van der Waals surface area contributed by atoms with Crippen molar-refractivity contribution in [3.05, 3.63) is 30.1 Å². The lowest BCUT2D eigenvalue weighted by Crippen LogP contribution is -2.40. The Bertz CT molecular complexity index is 739. The van der Waals surface area contributed by atoms with Crippen LogP contribution >= 0.6 is 11.8 Å². The molecule has 2 fully saturated rings. The van der Waals surface area contributed by atoms with Crippen LogP contribution in [0.25, 0.3) is 0 Å². The molecule has 0 radical (unpaired) electrons. The molecule has 1 saturated heterocycles. The number of rotatable bonds is 7. The average Bonchev–Trinajstić information content (AvgIpc) is 3.20. The highest BCUT2D eigenvalue weighted by molar-refractivity contribution is 7.99. The Hall–Kier alpha value is -1.83. The number of hydrogen-bond donors (Lipinski definition) is 0. The molecule has 0 unspecified atom stereocenters. The van der Waals surface area contributed by atoms with Crippen LogP contribution in [0.4, 0.5) is 0 Å². The lowest BCUT2D eigenvalue weighted by molar-refractivity contribution is -0.129. The van der Waals surface area contributed by atoms with Gasteiger partial charge in [-0.3, -0.25) is 9.48 Å². The first-order chi connectivity index (χ1) is 12.7. The van der Waals surface area contributed by atoms with Crippen LogP contribution in [0.3, 0.4) is 0 Å². The summed E-state index contributed by atoms with van der Waals surface area (Å²) < 4.78 is 3.92. The quantitative estimate of drug-likeness (QED) is 0.740. The monoisotopic (exact) mass is 374 g/mol. The number of carbonyl (C=O) groups is 1. The van der Waals surface area contributed by atoms with Gasteiger partial charge in [0.25, 0.3) is 0 Å². The smallest absolute Gasteiger partial charge is 0.232 e. The normalized spacial score (nSPS) is 20.5. The van der Waals surface area contributed by atoms with Gasteiger partial charge >= 0.3 is 0 Å². The summed E-state index contributed by atoms with van der Waals surface area (Å²) in [5.74, 6) is 5.05. The van der Waals surface area contributed by atoms with Gasteiger partial charge in [-0.05, 0) is 43.4 Å². The van der Waals surface area contributed by atoms with Gasteiger partial charge in [0.05, 0.1) is 5.75 Å². The summed E-state index contributed by atoms with van der Waals surface area (Å²) in [7, 11) is 2.01. The zero-order chi connectivity index (χ0) is 17.9. The van der Waals surface area contributed by atoms with Gasteiger partial charge in [-0.15, -0.1) is 10.2 Å². The summed E-state index contributed by atoms with van der Waals surface area (Å²) in [6, 6.07) is 1.91. The fourth-order valence-electron chi connectivity index (χ4n) is 3.51. The van der Waals surface area contributed by atoms with Crippen molar-refractivity contribution in [3.8, 4) is 0 Å². The zero-order valence-electron chi connectivity index (χ0n) is 15.3. The highest BCUT2D eigenvalue weighted by Gasteiger charge is 2.29. The maximum absolute atomic E-state index is 12.5. The first kappa shape index (κ1) is 17.6. The number of amides is 1. The maximum atomic E-state index is 12.5. The Kier molecular flexibility index (Phi) is 5.28. The third-order valence-corrected chi connectivity index (χ3v) is 6.43. The van der Waals surface area contributed by atoms with Crippen LogP contribution in [-0.4, -0.2) is 59.9 Å². The number of carbonyl (C=O) groups excluding carboxylic acids is 1. The predicted octanol–water partition coefficient (Wildman–Crippen LogP) is 1.91. The Labute approximate surface area is 158 Å². The SMILES string of the molecule is Cn1c(Cn2cccn2)nnc1[C@@H]1CCCN(C(=O)CSCC2CC2)C1. The Morgan fingerprint density at radius 1 is 1.31 bits per heavy atom. The second-order valence-electron chi connectivity index (χ2n) is 7.37. The van der Waals surface area contributed by atoms with Gasteiger partial charge < -0.3 is 9.47 Å². The average molecular weight is 375 g/mol. The summed E-state index contributed by atoms with van der Waals surface area (Å²) in [4.78, 5) is 14.6. The topological polar surface area (TPSA) is 68.8 Å². The van der Waals surface area contributed by atoms with Crippen LogP contribution in [0.5, 0.6) is 0 Å². The maximum Gasteiger partial charge on any atom is 0.232 e. The standard InChI is InChI=1S/C18H26N6OS/c1-22-16(11-24-9-3-7-19-24)20-21-18(22)15-4-2-8-23(10-15)17(25)13-26-12-14-5-6-14/h3,7,9,14-15H,2,4-6,8,10-13H2,1H3/t15-/m1/s1. The van der Waals surface area contributed by atoms with Crippen molar-refractivity contribution in [1.29, 1.82) is 0 Å². The van der Waals surface area contributed by atoms with E-state index >= 15 is 0 Å². The van der Waals surface area contributed by atoms with E-state index in [0.717, 1.165) is 49.3 Å². The molecule has 7 nitrogen and oxygen atoms in total. The Morgan fingerprint density at radius 3 is 2.96 bits per heavy atom. The van der Waals surface area contributed by atoms with Crippen molar-refractivity contribution in [2.75, 3.05) is 24.6 Å². The van der Waals surface area contributed by atoms with E-state index < -0.39 is 0 Å². The molecule has 2 aromatic heterocycles. The molecule has 0 bridgehead atoms. The van der Waals surface area contributed by atoms with E-state index in [2.05, 4.69) is 19.9 Å². The minimum absolute atomic E-state index is 0.269. The molecule has 8 heteroatoms. The molecule has 140 valence electrons.